The second-order valence-corrected chi connectivity index (χ2v) is 9.90. The van der Waals surface area contributed by atoms with Crippen molar-refractivity contribution >= 4 is 11.8 Å². The first-order chi connectivity index (χ1) is 14.5. The molecule has 3 aliphatic rings. The van der Waals surface area contributed by atoms with E-state index in [1.54, 1.807) is 0 Å². The van der Waals surface area contributed by atoms with E-state index in [9.17, 15) is 9.59 Å². The van der Waals surface area contributed by atoms with E-state index in [1.807, 2.05) is 13.8 Å². The number of piperidine rings is 1. The van der Waals surface area contributed by atoms with E-state index in [-0.39, 0.29) is 11.3 Å². The smallest absolute Gasteiger partial charge is 0.222 e. The minimum Gasteiger partial charge on any atom is -0.361 e. The molecule has 4 rings (SSSR count). The van der Waals surface area contributed by atoms with E-state index in [0.717, 1.165) is 49.2 Å². The van der Waals surface area contributed by atoms with Crippen molar-refractivity contribution in [3.8, 4) is 0 Å². The average molecular weight is 416 g/mol. The summed E-state index contributed by atoms with van der Waals surface area (Å²) in [7, 11) is 0. The van der Waals surface area contributed by atoms with Crippen LogP contribution in [0.25, 0.3) is 0 Å². The molecule has 30 heavy (non-hydrogen) atoms. The van der Waals surface area contributed by atoms with Crippen molar-refractivity contribution < 1.29 is 14.1 Å². The van der Waals surface area contributed by atoms with Crippen molar-refractivity contribution in [3.63, 3.8) is 0 Å². The summed E-state index contributed by atoms with van der Waals surface area (Å²) in [5.74, 6) is 1.90. The number of carbonyl (C=O) groups is 2. The summed E-state index contributed by atoms with van der Waals surface area (Å²) in [4.78, 5) is 27.6. The Balaban J connectivity index is 1.35. The Morgan fingerprint density at radius 2 is 1.97 bits per heavy atom. The van der Waals surface area contributed by atoms with Gasteiger partial charge < -0.3 is 14.7 Å². The van der Waals surface area contributed by atoms with Crippen LogP contribution < -0.4 is 5.32 Å². The van der Waals surface area contributed by atoms with Crippen LogP contribution in [0.1, 0.15) is 87.6 Å². The summed E-state index contributed by atoms with van der Waals surface area (Å²) in [5, 5.41) is 7.20. The number of nitrogens with zero attached hydrogens (tertiary/aromatic N) is 2. The molecule has 0 radical (unpaired) electrons. The number of aromatic nitrogens is 1. The Bertz CT molecular complexity index is 748. The van der Waals surface area contributed by atoms with E-state index >= 15 is 0 Å². The quantitative estimate of drug-likeness (QED) is 0.728. The molecule has 1 aliphatic heterocycles. The first kappa shape index (κ1) is 21.4. The van der Waals surface area contributed by atoms with Crippen LogP contribution >= 0.6 is 0 Å². The molecule has 6 nitrogen and oxygen atoms in total. The van der Waals surface area contributed by atoms with Gasteiger partial charge in [-0.05, 0) is 58.3 Å². The summed E-state index contributed by atoms with van der Waals surface area (Å²) in [6, 6.07) is 0.309. The second kappa shape index (κ2) is 9.11. The molecule has 1 aromatic heterocycles. The maximum Gasteiger partial charge on any atom is 0.222 e. The van der Waals surface area contributed by atoms with Gasteiger partial charge in [0.05, 0.1) is 5.69 Å². The zero-order valence-electron chi connectivity index (χ0n) is 18.7. The predicted octanol–water partition coefficient (Wildman–Crippen LogP) is 4.08. The van der Waals surface area contributed by atoms with E-state index in [2.05, 4.69) is 15.4 Å². The van der Waals surface area contributed by atoms with Gasteiger partial charge in [-0.25, -0.2) is 0 Å². The van der Waals surface area contributed by atoms with Crippen LogP contribution in [-0.4, -0.2) is 41.0 Å². The maximum absolute atomic E-state index is 12.8. The third-order valence-electron chi connectivity index (χ3n) is 7.99. The summed E-state index contributed by atoms with van der Waals surface area (Å²) in [6.07, 6.45) is 12.5. The molecule has 6 heteroatoms. The maximum atomic E-state index is 12.8. The van der Waals surface area contributed by atoms with Crippen LogP contribution in [-0.2, 0) is 16.0 Å². The molecule has 1 aromatic rings. The summed E-state index contributed by atoms with van der Waals surface area (Å²) in [6.45, 7) is 5.46. The van der Waals surface area contributed by atoms with Gasteiger partial charge in [0, 0.05) is 43.0 Å². The second-order valence-electron chi connectivity index (χ2n) is 9.90. The topological polar surface area (TPSA) is 75.4 Å². The van der Waals surface area contributed by atoms with Gasteiger partial charge in [0.25, 0.3) is 0 Å². The van der Waals surface area contributed by atoms with E-state index in [4.69, 9.17) is 4.52 Å². The molecule has 0 aromatic carbocycles. The highest BCUT2D eigenvalue weighted by atomic mass is 16.5. The third-order valence-corrected chi connectivity index (χ3v) is 7.99. The van der Waals surface area contributed by atoms with Gasteiger partial charge in [0.15, 0.2) is 0 Å². The summed E-state index contributed by atoms with van der Waals surface area (Å²) < 4.78 is 5.20. The third kappa shape index (κ3) is 4.42. The Morgan fingerprint density at radius 1 is 1.17 bits per heavy atom. The minimum atomic E-state index is 0.0707. The highest BCUT2D eigenvalue weighted by Gasteiger charge is 2.50. The van der Waals surface area contributed by atoms with Gasteiger partial charge >= 0.3 is 0 Å². The average Bonchev–Trinajstić information content (AvgIpc) is 3.32. The Morgan fingerprint density at radius 3 is 2.70 bits per heavy atom. The van der Waals surface area contributed by atoms with Crippen molar-refractivity contribution in [2.24, 2.45) is 11.3 Å². The molecule has 2 atom stereocenters. The number of hydrogen-bond donors (Lipinski definition) is 1. The van der Waals surface area contributed by atoms with Gasteiger partial charge in [-0.2, -0.15) is 0 Å². The molecule has 0 bridgehead atoms. The molecule has 2 heterocycles. The van der Waals surface area contributed by atoms with Gasteiger partial charge in [-0.3, -0.25) is 9.59 Å². The van der Waals surface area contributed by atoms with E-state index in [1.165, 1.54) is 32.1 Å². The number of carbonyl (C=O) groups excluding carboxylic acids is 2. The lowest BCUT2D eigenvalue weighted by molar-refractivity contribution is -0.143. The van der Waals surface area contributed by atoms with Crippen LogP contribution in [0.5, 0.6) is 0 Å². The molecule has 2 saturated carbocycles. The lowest BCUT2D eigenvalue weighted by atomic mass is 9.74. The van der Waals surface area contributed by atoms with Crippen molar-refractivity contribution in [2.45, 2.75) is 96.9 Å². The Labute approximate surface area is 180 Å². The zero-order valence-corrected chi connectivity index (χ0v) is 18.7. The molecule has 166 valence electrons. The van der Waals surface area contributed by atoms with E-state index < -0.39 is 0 Å². The molecule has 1 N–H and O–H groups in total. The summed E-state index contributed by atoms with van der Waals surface area (Å²) in [5.41, 5.74) is 1.99. The highest BCUT2D eigenvalue weighted by molar-refractivity contribution is 5.78. The SMILES string of the molecule is Cc1noc(C)c1CCC(=O)NC[C@@]12CCC[C@H]1N(CC1CCCCC1)C(=O)CC2. The van der Waals surface area contributed by atoms with Gasteiger partial charge in [0.2, 0.25) is 11.8 Å². The number of hydrogen-bond acceptors (Lipinski definition) is 4. The van der Waals surface area contributed by atoms with E-state index in [0.29, 0.717) is 43.7 Å². The molecular weight excluding hydrogens is 378 g/mol. The van der Waals surface area contributed by atoms with Crippen LogP contribution in [0.15, 0.2) is 4.52 Å². The number of fused-ring (bicyclic) bond motifs is 1. The lowest BCUT2D eigenvalue weighted by Gasteiger charge is -2.47. The molecule has 0 spiro atoms. The lowest BCUT2D eigenvalue weighted by Crippen LogP contribution is -2.57. The largest absolute Gasteiger partial charge is 0.361 e. The molecule has 2 amide bonds. The molecule has 1 saturated heterocycles. The van der Waals surface area contributed by atoms with Crippen molar-refractivity contribution in [1.82, 2.24) is 15.4 Å². The zero-order chi connectivity index (χ0) is 21.1. The fourth-order valence-corrected chi connectivity index (χ4v) is 6.20. The monoisotopic (exact) mass is 415 g/mol. The van der Waals surface area contributed by atoms with Gasteiger partial charge in [-0.15, -0.1) is 0 Å². The van der Waals surface area contributed by atoms with Gasteiger partial charge in [-0.1, -0.05) is 30.8 Å². The predicted molar refractivity (Wildman–Crippen MR) is 115 cm³/mol. The minimum absolute atomic E-state index is 0.0707. The fourth-order valence-electron chi connectivity index (χ4n) is 6.20. The van der Waals surface area contributed by atoms with Crippen LogP contribution in [0.4, 0.5) is 0 Å². The number of amides is 2. The van der Waals surface area contributed by atoms with Crippen LogP contribution in [0.3, 0.4) is 0 Å². The number of likely N-dealkylation sites (tertiary alicyclic amines) is 1. The molecular formula is C24H37N3O3. The first-order valence-electron chi connectivity index (χ1n) is 12.0. The number of aryl methyl sites for hydroxylation is 2. The van der Waals surface area contributed by atoms with Crippen LogP contribution in [0.2, 0.25) is 0 Å². The molecule has 2 aliphatic carbocycles. The molecule has 0 unspecified atom stereocenters. The van der Waals surface area contributed by atoms with Crippen LogP contribution in [0, 0.1) is 25.2 Å². The number of rotatable bonds is 7. The Hall–Kier alpha value is -1.85. The van der Waals surface area contributed by atoms with Gasteiger partial charge in [0.1, 0.15) is 5.76 Å². The molecule has 3 fully saturated rings. The standard InChI is InChI=1S/C24H37N3O3/c1-17-20(18(2)30-26-17)10-11-22(28)25-16-24-13-6-9-21(24)27(23(29)12-14-24)15-19-7-4-3-5-8-19/h19,21H,3-16H2,1-2H3,(H,25,28)/t21-,24+/m1/s1. The first-order valence-corrected chi connectivity index (χ1v) is 12.0. The van der Waals surface area contributed by atoms with Crippen molar-refractivity contribution in [2.75, 3.05) is 13.1 Å². The fraction of sp³-hybridized carbons (Fsp3) is 0.792. The van der Waals surface area contributed by atoms with Crippen molar-refractivity contribution in [3.05, 3.63) is 17.0 Å². The number of nitrogens with one attached hydrogen (secondary N) is 1. The normalized spacial score (nSPS) is 27.3. The Kier molecular flexibility index (Phi) is 6.49. The van der Waals surface area contributed by atoms with Crippen molar-refractivity contribution in [1.29, 1.82) is 0 Å². The summed E-state index contributed by atoms with van der Waals surface area (Å²) >= 11 is 0. The highest BCUT2D eigenvalue weighted by Crippen LogP contribution is 2.48.